The average molecular weight is 474 g/mol. The topological polar surface area (TPSA) is 172 Å². The van der Waals surface area contributed by atoms with Gasteiger partial charge in [0, 0.05) is 16.6 Å². The molecule has 0 atom stereocenters. The molecule has 2 aromatic carbocycles. The molecule has 0 bridgehead atoms. The molecule has 182 valence electrons. The highest BCUT2D eigenvalue weighted by Crippen LogP contribution is 2.21. The molecule has 0 aliphatic rings. The second-order valence-electron chi connectivity index (χ2n) is 8.52. The van der Waals surface area contributed by atoms with E-state index < -0.39 is 0 Å². The van der Waals surface area contributed by atoms with Crippen molar-refractivity contribution in [2.75, 3.05) is 5.32 Å². The Kier molecular flexibility index (Phi) is 7.88. The summed E-state index contributed by atoms with van der Waals surface area (Å²) in [7, 11) is 0. The lowest BCUT2D eigenvalue weighted by molar-refractivity contribution is 0.102. The number of amides is 1. The summed E-state index contributed by atoms with van der Waals surface area (Å²) in [6.45, 7) is 9.57. The molecule has 1 amide bonds. The third-order valence-corrected chi connectivity index (χ3v) is 5.01. The first-order valence-corrected chi connectivity index (χ1v) is 11.1. The number of hydrazone groups is 1. The van der Waals surface area contributed by atoms with Crippen LogP contribution in [0.3, 0.4) is 0 Å². The summed E-state index contributed by atoms with van der Waals surface area (Å²) in [5.74, 6) is 0.278. The fourth-order valence-electron chi connectivity index (χ4n) is 3.37. The predicted octanol–water partition coefficient (Wildman–Crippen LogP) is 3.19. The van der Waals surface area contributed by atoms with Gasteiger partial charge in [-0.2, -0.15) is 10.2 Å². The van der Waals surface area contributed by atoms with E-state index in [1.54, 1.807) is 6.07 Å². The third kappa shape index (κ3) is 6.94. The summed E-state index contributed by atoms with van der Waals surface area (Å²) >= 11 is 0. The van der Waals surface area contributed by atoms with E-state index in [-0.39, 0.29) is 17.7 Å². The van der Waals surface area contributed by atoms with Crippen LogP contribution in [0.1, 0.15) is 48.8 Å². The zero-order valence-electron chi connectivity index (χ0n) is 20.1. The van der Waals surface area contributed by atoms with Crippen molar-refractivity contribution in [3.05, 3.63) is 77.8 Å². The van der Waals surface area contributed by atoms with Gasteiger partial charge in [0.2, 0.25) is 5.96 Å². The fourth-order valence-corrected chi connectivity index (χ4v) is 3.37. The molecule has 0 saturated heterocycles. The minimum Gasteiger partial charge on any atom is -0.385 e. The van der Waals surface area contributed by atoms with E-state index >= 15 is 0 Å². The molecule has 0 fully saturated rings. The van der Waals surface area contributed by atoms with Gasteiger partial charge in [0.05, 0.1) is 11.4 Å². The second kappa shape index (κ2) is 11.0. The van der Waals surface area contributed by atoms with Crippen molar-refractivity contribution in [1.29, 1.82) is 0 Å². The van der Waals surface area contributed by atoms with Gasteiger partial charge >= 0.3 is 0 Å². The Morgan fingerprint density at radius 1 is 1.03 bits per heavy atom. The van der Waals surface area contributed by atoms with Gasteiger partial charge in [-0.3, -0.25) is 10.2 Å². The van der Waals surface area contributed by atoms with E-state index in [0.29, 0.717) is 23.7 Å². The van der Waals surface area contributed by atoms with Gasteiger partial charge in [-0.15, -0.1) is 5.10 Å². The number of hydrogen-bond acceptors (Lipinski definition) is 6. The number of nitrogens with one attached hydrogen (secondary N) is 3. The first kappa shape index (κ1) is 25.0. The highest BCUT2D eigenvalue weighted by atomic mass is 16.1. The van der Waals surface area contributed by atoms with Gasteiger partial charge in [-0.25, -0.2) is 0 Å². The number of carbonyl (C=O) groups excluding carboxylic acids is 1. The molecule has 0 unspecified atom stereocenters. The molecule has 3 aromatic rings. The van der Waals surface area contributed by atoms with Crippen molar-refractivity contribution >= 4 is 39.9 Å². The lowest BCUT2D eigenvalue weighted by Gasteiger charge is -2.08. The van der Waals surface area contributed by atoms with E-state index in [1.165, 1.54) is 0 Å². The standard InChI is InChI=1S/C25H31N9O/c1-14(2)11-22(33-34-25(27)28)18-7-10-21-19(12-18)13-23(30-21)24(35)29-20-8-5-17(6-9-20)15(3)31-32-16(4)26/h5-10,12-14,30,32H,4,11,26H2,1-3H3,(H,29,35)(H4,27,28,34)/b31-15-,33-22?. The molecule has 1 heterocycles. The normalized spacial score (nSPS) is 12.0. The van der Waals surface area contributed by atoms with E-state index in [1.807, 2.05) is 49.4 Å². The lowest BCUT2D eigenvalue weighted by Crippen LogP contribution is -2.22. The van der Waals surface area contributed by atoms with Crippen molar-refractivity contribution in [1.82, 2.24) is 10.4 Å². The molecule has 0 aliphatic heterocycles. The van der Waals surface area contributed by atoms with Crippen molar-refractivity contribution in [3.63, 3.8) is 0 Å². The largest absolute Gasteiger partial charge is 0.385 e. The van der Waals surface area contributed by atoms with E-state index in [2.05, 4.69) is 51.5 Å². The Hall–Kier alpha value is -4.60. The zero-order chi connectivity index (χ0) is 25.5. The molecule has 0 radical (unpaired) electrons. The van der Waals surface area contributed by atoms with Crippen LogP contribution < -0.4 is 27.9 Å². The number of rotatable bonds is 9. The lowest BCUT2D eigenvalue weighted by atomic mass is 9.99. The molecule has 0 saturated carbocycles. The minimum atomic E-state index is -0.251. The summed E-state index contributed by atoms with van der Waals surface area (Å²) in [6, 6.07) is 14.9. The van der Waals surface area contributed by atoms with Crippen molar-refractivity contribution in [3.8, 4) is 0 Å². The summed E-state index contributed by atoms with van der Waals surface area (Å²) in [4.78, 5) is 16.0. The van der Waals surface area contributed by atoms with Crippen LogP contribution in [-0.2, 0) is 0 Å². The average Bonchev–Trinajstić information content (AvgIpc) is 3.24. The van der Waals surface area contributed by atoms with E-state index in [0.717, 1.165) is 33.5 Å². The predicted molar refractivity (Wildman–Crippen MR) is 143 cm³/mol. The molecule has 9 N–H and O–H groups in total. The molecular formula is C25H31N9O. The monoisotopic (exact) mass is 473 g/mol. The minimum absolute atomic E-state index is 0.0958. The first-order valence-electron chi connectivity index (χ1n) is 11.1. The Morgan fingerprint density at radius 2 is 1.71 bits per heavy atom. The fraction of sp³-hybridized carbons (Fsp3) is 0.200. The number of H-pyrrole nitrogens is 1. The number of aromatic nitrogens is 1. The van der Waals surface area contributed by atoms with Crippen LogP contribution in [0.5, 0.6) is 0 Å². The molecular weight excluding hydrogens is 442 g/mol. The van der Waals surface area contributed by atoms with Crippen LogP contribution in [0.2, 0.25) is 0 Å². The Bertz CT molecular complexity index is 1310. The van der Waals surface area contributed by atoms with Gasteiger partial charge in [0.25, 0.3) is 5.91 Å². The maximum Gasteiger partial charge on any atom is 0.272 e. The summed E-state index contributed by atoms with van der Waals surface area (Å²) in [5, 5.41) is 16.0. The molecule has 0 aliphatic carbocycles. The molecule has 1 aromatic heterocycles. The van der Waals surface area contributed by atoms with Gasteiger partial charge in [-0.05, 0) is 60.7 Å². The third-order valence-electron chi connectivity index (χ3n) is 5.01. The SMILES string of the molecule is C=C(N)N/N=C(/C)c1ccc(NC(=O)c2cc3cc(C(CC(C)C)=NN=C(N)N)ccc3[nH]2)cc1. The van der Waals surface area contributed by atoms with Crippen LogP contribution in [0.25, 0.3) is 10.9 Å². The zero-order valence-corrected chi connectivity index (χ0v) is 20.1. The van der Waals surface area contributed by atoms with Crippen LogP contribution in [-0.4, -0.2) is 28.3 Å². The molecule has 10 nitrogen and oxygen atoms in total. The number of carbonyl (C=O) groups is 1. The number of guanidine groups is 1. The first-order chi connectivity index (χ1) is 16.6. The molecule has 35 heavy (non-hydrogen) atoms. The second-order valence-corrected chi connectivity index (χ2v) is 8.52. The summed E-state index contributed by atoms with van der Waals surface area (Å²) in [6.07, 6.45) is 0.706. The van der Waals surface area contributed by atoms with Gasteiger partial charge in [0.1, 0.15) is 11.5 Å². The van der Waals surface area contributed by atoms with E-state index in [4.69, 9.17) is 17.2 Å². The molecule has 3 rings (SSSR count). The summed E-state index contributed by atoms with van der Waals surface area (Å²) in [5.41, 5.74) is 24.2. The van der Waals surface area contributed by atoms with Crippen LogP contribution in [0, 0.1) is 5.92 Å². The quantitative estimate of drug-likeness (QED) is 0.159. The van der Waals surface area contributed by atoms with Crippen molar-refractivity contribution in [2.24, 2.45) is 38.4 Å². The maximum absolute atomic E-state index is 12.9. The highest BCUT2D eigenvalue weighted by Gasteiger charge is 2.13. The van der Waals surface area contributed by atoms with Crippen molar-refractivity contribution in [2.45, 2.75) is 27.2 Å². The molecule has 0 spiro atoms. The van der Waals surface area contributed by atoms with Crippen molar-refractivity contribution < 1.29 is 4.79 Å². The number of benzene rings is 2. The van der Waals surface area contributed by atoms with Crippen LogP contribution in [0.15, 0.2) is 76.2 Å². The highest BCUT2D eigenvalue weighted by molar-refractivity contribution is 6.08. The van der Waals surface area contributed by atoms with Gasteiger partial charge in [0.15, 0.2) is 0 Å². The smallest absolute Gasteiger partial charge is 0.272 e. The van der Waals surface area contributed by atoms with Gasteiger partial charge < -0.3 is 27.5 Å². The molecule has 10 heteroatoms. The Balaban J connectivity index is 1.78. The number of aromatic amines is 1. The maximum atomic E-state index is 12.9. The Morgan fingerprint density at radius 3 is 2.34 bits per heavy atom. The Labute approximate surface area is 204 Å². The van der Waals surface area contributed by atoms with Crippen LogP contribution >= 0.6 is 0 Å². The number of anilines is 1. The number of hydrogen-bond donors (Lipinski definition) is 6. The number of nitrogens with zero attached hydrogens (tertiary/aromatic N) is 3. The van der Waals surface area contributed by atoms with E-state index in [9.17, 15) is 4.79 Å². The number of nitrogens with two attached hydrogens (primary N) is 3. The van der Waals surface area contributed by atoms with Crippen LogP contribution in [0.4, 0.5) is 5.69 Å². The number of fused-ring (bicyclic) bond motifs is 1. The summed E-state index contributed by atoms with van der Waals surface area (Å²) < 4.78 is 0. The van der Waals surface area contributed by atoms with Gasteiger partial charge in [-0.1, -0.05) is 38.6 Å².